The van der Waals surface area contributed by atoms with Gasteiger partial charge >= 0.3 is 6.09 Å². The number of alkyl carbamates (subject to hydrolysis) is 1. The summed E-state index contributed by atoms with van der Waals surface area (Å²) in [5, 5.41) is 2.81. The molecule has 1 rings (SSSR count). The summed E-state index contributed by atoms with van der Waals surface area (Å²) < 4.78 is 5.20. The molecule has 0 aromatic heterocycles. The maximum Gasteiger partial charge on any atom is 0.407 e. The van der Waals surface area contributed by atoms with E-state index in [2.05, 4.69) is 37.2 Å². The Bertz CT molecular complexity index is 367. The second-order valence-corrected chi connectivity index (χ2v) is 6.78. The Labute approximate surface area is 129 Å². The smallest absolute Gasteiger partial charge is 0.407 e. The molecule has 1 aliphatic rings. The van der Waals surface area contributed by atoms with Crippen molar-refractivity contribution in [2.75, 3.05) is 19.7 Å². The molecule has 1 heterocycles. The fourth-order valence-corrected chi connectivity index (χ4v) is 2.22. The number of aliphatic imine (C=N–C) groups is 1. The van der Waals surface area contributed by atoms with Crippen molar-refractivity contribution in [2.45, 2.75) is 59.3 Å². The Kier molecular flexibility index (Phi) is 8.09. The van der Waals surface area contributed by atoms with Crippen LogP contribution in [0.3, 0.4) is 0 Å². The standard InChI is InChI=1S/C17H30N2O2/c1-17(2,3)10-4-5-12-19-16(20)21-14-9-15-7-6-11-18-13-8-15/h8,11H,4-7,9-10,12-14H2,1-3H3,(H,19,20). The highest BCUT2D eigenvalue weighted by atomic mass is 16.5. The van der Waals surface area contributed by atoms with Crippen LogP contribution in [0, 0.1) is 5.41 Å². The highest BCUT2D eigenvalue weighted by Crippen LogP contribution is 2.21. The van der Waals surface area contributed by atoms with Crippen LogP contribution in [0.4, 0.5) is 4.79 Å². The number of carbonyl (C=O) groups is 1. The molecule has 1 amide bonds. The van der Waals surface area contributed by atoms with Crippen LogP contribution in [-0.2, 0) is 4.74 Å². The summed E-state index contributed by atoms with van der Waals surface area (Å²) in [6, 6.07) is 0. The lowest BCUT2D eigenvalue weighted by Gasteiger charge is -2.17. The molecule has 0 atom stereocenters. The average Bonchev–Trinajstić information content (AvgIpc) is 2.66. The minimum atomic E-state index is -0.295. The van der Waals surface area contributed by atoms with E-state index in [1.807, 2.05) is 6.21 Å². The van der Waals surface area contributed by atoms with E-state index in [0.717, 1.165) is 38.6 Å². The number of rotatable bonds is 7. The van der Waals surface area contributed by atoms with Gasteiger partial charge in [0.25, 0.3) is 0 Å². The number of hydrogen-bond donors (Lipinski definition) is 1. The lowest BCUT2D eigenvalue weighted by atomic mass is 9.90. The fourth-order valence-electron chi connectivity index (χ4n) is 2.22. The lowest BCUT2D eigenvalue weighted by molar-refractivity contribution is 0.147. The molecule has 4 nitrogen and oxygen atoms in total. The fraction of sp³-hybridized carbons (Fsp3) is 0.765. The predicted molar refractivity (Wildman–Crippen MR) is 87.9 cm³/mol. The average molecular weight is 294 g/mol. The van der Waals surface area contributed by atoms with E-state index in [9.17, 15) is 4.79 Å². The Balaban J connectivity index is 2.00. The molecular weight excluding hydrogens is 264 g/mol. The van der Waals surface area contributed by atoms with Crippen molar-refractivity contribution >= 4 is 12.3 Å². The summed E-state index contributed by atoms with van der Waals surface area (Å²) in [4.78, 5) is 15.8. The maximum atomic E-state index is 11.5. The highest BCUT2D eigenvalue weighted by Gasteiger charge is 2.09. The zero-order valence-corrected chi connectivity index (χ0v) is 13.8. The van der Waals surface area contributed by atoms with Gasteiger partial charge in [-0.15, -0.1) is 0 Å². The van der Waals surface area contributed by atoms with Gasteiger partial charge in [-0.2, -0.15) is 0 Å². The van der Waals surface area contributed by atoms with Gasteiger partial charge in [-0.1, -0.05) is 38.8 Å². The van der Waals surface area contributed by atoms with E-state index in [1.165, 1.54) is 12.0 Å². The van der Waals surface area contributed by atoms with Crippen molar-refractivity contribution in [1.82, 2.24) is 5.32 Å². The minimum absolute atomic E-state index is 0.295. The third-order valence-corrected chi connectivity index (χ3v) is 3.49. The summed E-state index contributed by atoms with van der Waals surface area (Å²) in [6.07, 6.45) is 9.97. The molecule has 0 bridgehead atoms. The molecule has 0 aliphatic carbocycles. The van der Waals surface area contributed by atoms with Gasteiger partial charge in [0.2, 0.25) is 0 Å². The molecule has 0 aromatic rings. The lowest BCUT2D eigenvalue weighted by Crippen LogP contribution is -2.26. The van der Waals surface area contributed by atoms with Gasteiger partial charge in [0.05, 0.1) is 13.2 Å². The molecule has 0 radical (unpaired) electrons. The van der Waals surface area contributed by atoms with Crippen molar-refractivity contribution < 1.29 is 9.53 Å². The largest absolute Gasteiger partial charge is 0.449 e. The first-order valence-electron chi connectivity index (χ1n) is 8.04. The third-order valence-electron chi connectivity index (χ3n) is 3.49. The molecule has 0 spiro atoms. The van der Waals surface area contributed by atoms with Crippen molar-refractivity contribution in [1.29, 1.82) is 0 Å². The van der Waals surface area contributed by atoms with Crippen LogP contribution in [0.1, 0.15) is 59.3 Å². The number of carbonyl (C=O) groups excluding carboxylic acids is 1. The second-order valence-electron chi connectivity index (χ2n) is 6.78. The first kappa shape index (κ1) is 17.7. The highest BCUT2D eigenvalue weighted by molar-refractivity contribution is 5.67. The Morgan fingerprint density at radius 1 is 1.38 bits per heavy atom. The van der Waals surface area contributed by atoms with Crippen molar-refractivity contribution in [3.63, 3.8) is 0 Å². The second kappa shape index (κ2) is 9.59. The normalized spacial score (nSPS) is 15.3. The quantitative estimate of drug-likeness (QED) is 0.567. The molecule has 0 saturated carbocycles. The van der Waals surface area contributed by atoms with Crippen LogP contribution in [0.25, 0.3) is 0 Å². The van der Waals surface area contributed by atoms with E-state index in [-0.39, 0.29) is 6.09 Å². The number of amides is 1. The number of ether oxygens (including phenoxy) is 1. The van der Waals surface area contributed by atoms with Gasteiger partial charge in [0.1, 0.15) is 0 Å². The van der Waals surface area contributed by atoms with Crippen molar-refractivity contribution in [2.24, 2.45) is 10.4 Å². The van der Waals surface area contributed by atoms with Gasteiger partial charge in [-0.3, -0.25) is 4.99 Å². The Hall–Kier alpha value is -1.32. The summed E-state index contributed by atoms with van der Waals surface area (Å²) in [6.45, 7) is 8.63. The topological polar surface area (TPSA) is 50.7 Å². The molecule has 0 fully saturated rings. The van der Waals surface area contributed by atoms with Gasteiger partial charge in [0.15, 0.2) is 0 Å². The van der Waals surface area contributed by atoms with Crippen LogP contribution >= 0.6 is 0 Å². The van der Waals surface area contributed by atoms with Crippen LogP contribution < -0.4 is 5.32 Å². The van der Waals surface area contributed by atoms with E-state index in [0.29, 0.717) is 18.6 Å². The summed E-state index contributed by atoms with van der Waals surface area (Å²) >= 11 is 0. The van der Waals surface area contributed by atoms with Gasteiger partial charge in [-0.05, 0) is 37.3 Å². The molecule has 0 unspecified atom stereocenters. The Morgan fingerprint density at radius 2 is 2.19 bits per heavy atom. The summed E-state index contributed by atoms with van der Waals surface area (Å²) in [5.74, 6) is 0. The number of unbranched alkanes of at least 4 members (excludes halogenated alkanes) is 1. The molecule has 4 heteroatoms. The molecule has 1 N–H and O–H groups in total. The molecule has 120 valence electrons. The first-order valence-corrected chi connectivity index (χ1v) is 8.04. The maximum absolute atomic E-state index is 11.5. The van der Waals surface area contributed by atoms with Gasteiger partial charge < -0.3 is 10.1 Å². The van der Waals surface area contributed by atoms with E-state index in [4.69, 9.17) is 4.74 Å². The monoisotopic (exact) mass is 294 g/mol. The van der Waals surface area contributed by atoms with Crippen LogP contribution in [0.5, 0.6) is 0 Å². The molecule has 0 aromatic carbocycles. The van der Waals surface area contributed by atoms with Crippen LogP contribution in [-0.4, -0.2) is 32.0 Å². The van der Waals surface area contributed by atoms with Gasteiger partial charge in [-0.25, -0.2) is 4.79 Å². The van der Waals surface area contributed by atoms with E-state index in [1.54, 1.807) is 0 Å². The van der Waals surface area contributed by atoms with Crippen LogP contribution in [0.15, 0.2) is 16.6 Å². The number of nitrogens with zero attached hydrogens (tertiary/aromatic N) is 1. The number of hydrogen-bond acceptors (Lipinski definition) is 3. The van der Waals surface area contributed by atoms with Gasteiger partial charge in [0, 0.05) is 13.0 Å². The molecule has 1 aliphatic heterocycles. The van der Waals surface area contributed by atoms with E-state index < -0.39 is 0 Å². The van der Waals surface area contributed by atoms with Crippen molar-refractivity contribution in [3.05, 3.63) is 11.6 Å². The molecule has 0 saturated heterocycles. The SMILES string of the molecule is CC(C)(C)CCCCNC(=O)OCCC1=CCN=CCC1. The molecular formula is C17H30N2O2. The van der Waals surface area contributed by atoms with Crippen molar-refractivity contribution in [3.8, 4) is 0 Å². The first-order chi connectivity index (χ1) is 9.97. The minimum Gasteiger partial charge on any atom is -0.449 e. The zero-order valence-electron chi connectivity index (χ0n) is 13.8. The van der Waals surface area contributed by atoms with Crippen LogP contribution in [0.2, 0.25) is 0 Å². The third kappa shape index (κ3) is 10.1. The van der Waals surface area contributed by atoms with E-state index >= 15 is 0 Å². The zero-order chi connectivity index (χ0) is 15.6. The summed E-state index contributed by atoms with van der Waals surface area (Å²) in [7, 11) is 0. The summed E-state index contributed by atoms with van der Waals surface area (Å²) in [5.41, 5.74) is 1.71. The Morgan fingerprint density at radius 3 is 2.95 bits per heavy atom. The predicted octanol–water partition coefficient (Wildman–Crippen LogP) is 4.11. The number of nitrogens with one attached hydrogen (secondary N) is 1. The molecule has 21 heavy (non-hydrogen) atoms.